The summed E-state index contributed by atoms with van der Waals surface area (Å²) in [5.74, 6) is 0. The maximum atomic E-state index is 6.88. The largest absolute Gasteiger partial charge is 0.330 e. The minimum atomic E-state index is -0.390. The predicted octanol–water partition coefficient (Wildman–Crippen LogP) is 4.09. The fourth-order valence-corrected chi connectivity index (χ4v) is 3.80. The molecule has 0 fully saturated rings. The van der Waals surface area contributed by atoms with E-state index in [-0.39, 0.29) is 11.5 Å². The molecule has 0 aromatic heterocycles. The van der Waals surface area contributed by atoms with E-state index >= 15 is 0 Å². The normalized spacial score (nSPS) is 12.7. The zero-order chi connectivity index (χ0) is 17.5. The Balaban J connectivity index is 2.28. The molecule has 128 valence electrons. The van der Waals surface area contributed by atoms with Gasteiger partial charge in [0.2, 0.25) is 0 Å². The lowest BCUT2D eigenvalue weighted by atomic mass is 9.64. The molecule has 3 rings (SSSR count). The monoisotopic (exact) mass is 330 g/mol. The minimum Gasteiger partial charge on any atom is -0.330 e. The summed E-state index contributed by atoms with van der Waals surface area (Å²) in [5, 5.41) is 0. The lowest BCUT2D eigenvalue weighted by molar-refractivity contribution is 0.439. The van der Waals surface area contributed by atoms with E-state index in [4.69, 9.17) is 11.5 Å². The molecule has 0 radical (unpaired) electrons. The van der Waals surface area contributed by atoms with Gasteiger partial charge in [-0.15, -0.1) is 0 Å². The summed E-state index contributed by atoms with van der Waals surface area (Å²) < 4.78 is 0. The molecule has 0 amide bonds. The van der Waals surface area contributed by atoms with Gasteiger partial charge in [0.15, 0.2) is 0 Å². The molecular formula is C23H26N2. The molecule has 4 N–H and O–H groups in total. The maximum absolute atomic E-state index is 6.88. The molecule has 2 nitrogen and oxygen atoms in total. The van der Waals surface area contributed by atoms with E-state index in [0.717, 1.165) is 12.8 Å². The van der Waals surface area contributed by atoms with Crippen molar-refractivity contribution in [2.75, 3.05) is 6.54 Å². The first-order chi connectivity index (χ1) is 12.3. The third kappa shape index (κ3) is 3.37. The summed E-state index contributed by atoms with van der Waals surface area (Å²) in [6, 6.07) is 31.7. The molecule has 0 saturated heterocycles. The summed E-state index contributed by atoms with van der Waals surface area (Å²) in [6.07, 6.45) is 1.78. The molecule has 0 spiro atoms. The van der Waals surface area contributed by atoms with Crippen molar-refractivity contribution >= 4 is 0 Å². The van der Waals surface area contributed by atoms with Gasteiger partial charge in [-0.1, -0.05) is 91.0 Å². The Morgan fingerprint density at radius 2 is 1.00 bits per heavy atom. The smallest absolute Gasteiger partial charge is 0.0602 e. The van der Waals surface area contributed by atoms with Gasteiger partial charge in [0.25, 0.3) is 0 Å². The fraction of sp³-hybridized carbons (Fsp3) is 0.217. The highest BCUT2D eigenvalue weighted by Gasteiger charge is 2.41. The number of hydrogen-bond acceptors (Lipinski definition) is 2. The van der Waals surface area contributed by atoms with Gasteiger partial charge in [0.05, 0.1) is 5.41 Å². The van der Waals surface area contributed by atoms with Crippen molar-refractivity contribution in [2.24, 2.45) is 11.5 Å². The molecule has 0 aliphatic rings. The van der Waals surface area contributed by atoms with Crippen LogP contribution in [-0.4, -0.2) is 12.6 Å². The third-order valence-corrected chi connectivity index (χ3v) is 4.96. The topological polar surface area (TPSA) is 52.0 Å². The first-order valence-electron chi connectivity index (χ1n) is 8.92. The van der Waals surface area contributed by atoms with Crippen LogP contribution in [0.25, 0.3) is 0 Å². The van der Waals surface area contributed by atoms with E-state index < -0.39 is 0 Å². The zero-order valence-corrected chi connectivity index (χ0v) is 14.5. The van der Waals surface area contributed by atoms with E-state index in [2.05, 4.69) is 91.0 Å². The maximum Gasteiger partial charge on any atom is 0.0602 e. The highest BCUT2D eigenvalue weighted by Crippen LogP contribution is 2.42. The van der Waals surface area contributed by atoms with Crippen LogP contribution in [-0.2, 0) is 5.41 Å². The van der Waals surface area contributed by atoms with Gasteiger partial charge in [-0.05, 0) is 36.1 Å². The van der Waals surface area contributed by atoms with Crippen LogP contribution in [0.15, 0.2) is 91.0 Å². The lowest BCUT2D eigenvalue weighted by Gasteiger charge is -2.41. The summed E-state index contributed by atoms with van der Waals surface area (Å²) in [5.41, 5.74) is 15.9. The van der Waals surface area contributed by atoms with Crippen molar-refractivity contribution in [1.82, 2.24) is 0 Å². The van der Waals surface area contributed by atoms with E-state index in [1.54, 1.807) is 0 Å². The van der Waals surface area contributed by atoms with Gasteiger partial charge < -0.3 is 11.5 Å². The molecule has 0 aliphatic carbocycles. The summed E-state index contributed by atoms with van der Waals surface area (Å²) in [4.78, 5) is 0. The van der Waals surface area contributed by atoms with Crippen molar-refractivity contribution in [1.29, 1.82) is 0 Å². The molecule has 3 aromatic rings. The molecule has 0 aliphatic heterocycles. The number of nitrogens with two attached hydrogens (primary N) is 2. The second-order valence-electron chi connectivity index (χ2n) is 6.44. The van der Waals surface area contributed by atoms with Crippen LogP contribution in [0.1, 0.15) is 29.5 Å². The van der Waals surface area contributed by atoms with E-state index in [0.29, 0.717) is 6.54 Å². The molecule has 3 aromatic carbocycles. The number of benzene rings is 3. The van der Waals surface area contributed by atoms with Crippen LogP contribution in [0, 0.1) is 0 Å². The van der Waals surface area contributed by atoms with Crippen molar-refractivity contribution in [3.63, 3.8) is 0 Å². The van der Waals surface area contributed by atoms with Gasteiger partial charge >= 0.3 is 0 Å². The Kier molecular flexibility index (Phi) is 5.64. The molecule has 1 unspecified atom stereocenters. The second-order valence-corrected chi connectivity index (χ2v) is 6.44. The van der Waals surface area contributed by atoms with Gasteiger partial charge in [0.1, 0.15) is 0 Å². The molecule has 25 heavy (non-hydrogen) atoms. The van der Waals surface area contributed by atoms with Crippen LogP contribution in [0.3, 0.4) is 0 Å². The highest BCUT2D eigenvalue weighted by atomic mass is 14.7. The number of rotatable bonds is 7. The van der Waals surface area contributed by atoms with Gasteiger partial charge in [-0.3, -0.25) is 0 Å². The first-order valence-corrected chi connectivity index (χ1v) is 8.92. The van der Waals surface area contributed by atoms with Crippen LogP contribution in [0.4, 0.5) is 0 Å². The van der Waals surface area contributed by atoms with Crippen LogP contribution in [0.2, 0.25) is 0 Å². The Labute approximate surface area is 150 Å². The van der Waals surface area contributed by atoms with Crippen LogP contribution >= 0.6 is 0 Å². The lowest BCUT2D eigenvalue weighted by Crippen LogP contribution is -2.47. The molecule has 1 atom stereocenters. The van der Waals surface area contributed by atoms with Crippen molar-refractivity contribution < 1.29 is 0 Å². The van der Waals surface area contributed by atoms with Gasteiger partial charge in [0, 0.05) is 6.04 Å². The molecule has 0 bridgehead atoms. The van der Waals surface area contributed by atoms with Crippen LogP contribution < -0.4 is 11.5 Å². The Bertz CT molecular complexity index is 657. The quantitative estimate of drug-likeness (QED) is 0.641. The van der Waals surface area contributed by atoms with Gasteiger partial charge in [-0.25, -0.2) is 0 Å². The molecular weight excluding hydrogens is 304 g/mol. The number of hydrogen-bond donors (Lipinski definition) is 2. The van der Waals surface area contributed by atoms with Crippen molar-refractivity contribution in [3.05, 3.63) is 108 Å². The SMILES string of the molecule is NCCCC(N)C(c1ccccc1)(c1ccccc1)c1ccccc1. The second kappa shape index (κ2) is 8.11. The minimum absolute atomic E-state index is 0.0664. The predicted molar refractivity (Wildman–Crippen MR) is 105 cm³/mol. The molecule has 0 heterocycles. The summed E-state index contributed by atoms with van der Waals surface area (Å²) in [6.45, 7) is 0.655. The average Bonchev–Trinajstić information content (AvgIpc) is 2.69. The average molecular weight is 330 g/mol. The van der Waals surface area contributed by atoms with Crippen molar-refractivity contribution in [2.45, 2.75) is 24.3 Å². The third-order valence-electron chi connectivity index (χ3n) is 4.96. The van der Waals surface area contributed by atoms with Crippen molar-refractivity contribution in [3.8, 4) is 0 Å². The Morgan fingerprint density at radius 3 is 1.32 bits per heavy atom. The van der Waals surface area contributed by atoms with E-state index in [9.17, 15) is 0 Å². The standard InChI is InChI=1S/C23H26N2/c24-18-10-17-22(25)23(19-11-4-1-5-12-19,20-13-6-2-7-14-20)21-15-8-3-9-16-21/h1-9,11-16,22H,10,17-18,24-25H2. The Hall–Kier alpha value is -2.42. The molecule has 0 saturated carbocycles. The molecule has 2 heteroatoms. The highest BCUT2D eigenvalue weighted by molar-refractivity contribution is 5.52. The Morgan fingerprint density at radius 1 is 0.640 bits per heavy atom. The van der Waals surface area contributed by atoms with Crippen LogP contribution in [0.5, 0.6) is 0 Å². The fourth-order valence-electron chi connectivity index (χ4n) is 3.80. The summed E-state index contributed by atoms with van der Waals surface area (Å²) in [7, 11) is 0. The zero-order valence-electron chi connectivity index (χ0n) is 14.5. The van der Waals surface area contributed by atoms with E-state index in [1.807, 2.05) is 0 Å². The summed E-state index contributed by atoms with van der Waals surface area (Å²) >= 11 is 0. The van der Waals surface area contributed by atoms with E-state index in [1.165, 1.54) is 16.7 Å². The first kappa shape index (κ1) is 17.4. The van der Waals surface area contributed by atoms with Gasteiger partial charge in [-0.2, -0.15) is 0 Å².